The summed E-state index contributed by atoms with van der Waals surface area (Å²) in [4.78, 5) is 15.9. The van der Waals surface area contributed by atoms with Gasteiger partial charge in [0.25, 0.3) is 0 Å². The second-order valence-corrected chi connectivity index (χ2v) is 4.66. The maximum atomic E-state index is 11.5. The lowest BCUT2D eigenvalue weighted by Gasteiger charge is -2.32. The standard InChI is InChI=1S/C11H21N3O/c1-10(14-9-12-7-11(14)15)8-13-5-3-2-4-6-13/h10,12H,2-9H2,1H3. The first kappa shape index (κ1) is 10.9. The normalized spacial score (nSPS) is 25.9. The summed E-state index contributed by atoms with van der Waals surface area (Å²) in [5.74, 6) is 0.250. The summed E-state index contributed by atoms with van der Waals surface area (Å²) >= 11 is 0. The molecule has 1 amide bonds. The monoisotopic (exact) mass is 211 g/mol. The fraction of sp³-hybridized carbons (Fsp3) is 0.909. The minimum Gasteiger partial charge on any atom is -0.325 e. The molecule has 0 aromatic heterocycles. The van der Waals surface area contributed by atoms with Crippen molar-refractivity contribution in [1.29, 1.82) is 0 Å². The first-order chi connectivity index (χ1) is 7.27. The van der Waals surface area contributed by atoms with Gasteiger partial charge < -0.3 is 9.80 Å². The second kappa shape index (κ2) is 4.94. The highest BCUT2D eigenvalue weighted by atomic mass is 16.2. The molecular weight excluding hydrogens is 190 g/mol. The number of piperidine rings is 1. The number of hydrogen-bond donors (Lipinski definition) is 1. The molecule has 4 heteroatoms. The minimum atomic E-state index is 0.250. The maximum absolute atomic E-state index is 11.5. The Balaban J connectivity index is 1.80. The summed E-state index contributed by atoms with van der Waals surface area (Å²) in [5.41, 5.74) is 0. The van der Waals surface area contributed by atoms with Crippen LogP contribution in [0.5, 0.6) is 0 Å². The molecule has 2 aliphatic heterocycles. The molecule has 0 aliphatic carbocycles. The summed E-state index contributed by atoms with van der Waals surface area (Å²) in [6.07, 6.45) is 4.01. The number of rotatable bonds is 3. The van der Waals surface area contributed by atoms with Gasteiger partial charge in [-0.25, -0.2) is 0 Å². The highest BCUT2D eigenvalue weighted by molar-refractivity contribution is 5.80. The van der Waals surface area contributed by atoms with Crippen molar-refractivity contribution in [3.8, 4) is 0 Å². The summed E-state index contributed by atoms with van der Waals surface area (Å²) < 4.78 is 0. The van der Waals surface area contributed by atoms with Crippen molar-refractivity contribution in [2.75, 3.05) is 32.8 Å². The third-order valence-electron chi connectivity index (χ3n) is 3.38. The third kappa shape index (κ3) is 2.69. The molecule has 0 aromatic carbocycles. The smallest absolute Gasteiger partial charge is 0.237 e. The van der Waals surface area contributed by atoms with E-state index in [2.05, 4.69) is 17.1 Å². The molecular formula is C11H21N3O. The van der Waals surface area contributed by atoms with E-state index in [0.717, 1.165) is 13.2 Å². The summed E-state index contributed by atoms with van der Waals surface area (Å²) in [7, 11) is 0. The van der Waals surface area contributed by atoms with E-state index in [4.69, 9.17) is 0 Å². The van der Waals surface area contributed by atoms with Gasteiger partial charge in [0.15, 0.2) is 0 Å². The highest BCUT2D eigenvalue weighted by Crippen LogP contribution is 2.11. The van der Waals surface area contributed by atoms with Crippen molar-refractivity contribution in [3.63, 3.8) is 0 Å². The van der Waals surface area contributed by atoms with Crippen molar-refractivity contribution >= 4 is 5.91 Å². The van der Waals surface area contributed by atoms with Gasteiger partial charge in [0, 0.05) is 12.6 Å². The van der Waals surface area contributed by atoms with E-state index >= 15 is 0 Å². The van der Waals surface area contributed by atoms with E-state index in [1.165, 1.54) is 32.4 Å². The predicted octanol–water partition coefficient (Wildman–Crippen LogP) is 0.250. The van der Waals surface area contributed by atoms with Crippen LogP contribution in [0.4, 0.5) is 0 Å². The van der Waals surface area contributed by atoms with Crippen LogP contribution in [-0.2, 0) is 4.79 Å². The molecule has 0 aromatic rings. The molecule has 2 aliphatic rings. The summed E-state index contributed by atoms with van der Waals surface area (Å²) in [6.45, 7) is 6.85. The fourth-order valence-electron chi connectivity index (χ4n) is 2.49. The van der Waals surface area contributed by atoms with Crippen molar-refractivity contribution < 1.29 is 4.79 Å². The van der Waals surface area contributed by atoms with Gasteiger partial charge in [-0.1, -0.05) is 6.42 Å². The van der Waals surface area contributed by atoms with Crippen molar-refractivity contribution in [2.45, 2.75) is 32.2 Å². The molecule has 0 spiro atoms. The lowest BCUT2D eigenvalue weighted by molar-refractivity contribution is -0.128. The van der Waals surface area contributed by atoms with Crippen LogP contribution in [0.1, 0.15) is 26.2 Å². The second-order valence-electron chi connectivity index (χ2n) is 4.66. The van der Waals surface area contributed by atoms with Gasteiger partial charge in [0.1, 0.15) is 0 Å². The first-order valence-corrected chi connectivity index (χ1v) is 6.00. The molecule has 86 valence electrons. The van der Waals surface area contributed by atoms with Gasteiger partial charge in [-0.05, 0) is 32.9 Å². The van der Waals surface area contributed by atoms with Crippen LogP contribution in [0.15, 0.2) is 0 Å². The molecule has 2 fully saturated rings. The van der Waals surface area contributed by atoms with E-state index in [1.54, 1.807) is 0 Å². The van der Waals surface area contributed by atoms with Crippen LogP contribution in [-0.4, -0.2) is 54.6 Å². The number of carbonyl (C=O) groups is 1. The Kier molecular flexibility index (Phi) is 3.59. The summed E-state index contributed by atoms with van der Waals surface area (Å²) in [5, 5.41) is 3.10. The zero-order valence-corrected chi connectivity index (χ0v) is 9.54. The van der Waals surface area contributed by atoms with Crippen LogP contribution in [0.2, 0.25) is 0 Å². The van der Waals surface area contributed by atoms with Gasteiger partial charge in [0.05, 0.1) is 13.2 Å². The Morgan fingerprint density at radius 1 is 1.33 bits per heavy atom. The van der Waals surface area contributed by atoms with Gasteiger partial charge in [0.2, 0.25) is 5.91 Å². The zero-order chi connectivity index (χ0) is 10.7. The molecule has 2 heterocycles. The predicted molar refractivity (Wildman–Crippen MR) is 59.5 cm³/mol. The molecule has 1 N–H and O–H groups in total. The first-order valence-electron chi connectivity index (χ1n) is 6.00. The average molecular weight is 211 g/mol. The van der Waals surface area contributed by atoms with Gasteiger partial charge in [-0.15, -0.1) is 0 Å². The highest BCUT2D eigenvalue weighted by Gasteiger charge is 2.26. The largest absolute Gasteiger partial charge is 0.325 e. The number of carbonyl (C=O) groups excluding carboxylic acids is 1. The van der Waals surface area contributed by atoms with Gasteiger partial charge >= 0.3 is 0 Å². The van der Waals surface area contributed by atoms with E-state index in [0.29, 0.717) is 12.6 Å². The Morgan fingerprint density at radius 2 is 2.07 bits per heavy atom. The molecule has 2 rings (SSSR count). The Morgan fingerprint density at radius 3 is 2.67 bits per heavy atom. The maximum Gasteiger partial charge on any atom is 0.237 e. The van der Waals surface area contributed by atoms with Crippen molar-refractivity contribution in [3.05, 3.63) is 0 Å². The van der Waals surface area contributed by atoms with Crippen LogP contribution in [0.3, 0.4) is 0 Å². The quantitative estimate of drug-likeness (QED) is 0.727. The van der Waals surface area contributed by atoms with Crippen LogP contribution < -0.4 is 5.32 Å². The number of hydrogen-bond acceptors (Lipinski definition) is 3. The topological polar surface area (TPSA) is 35.6 Å². The van der Waals surface area contributed by atoms with Crippen molar-refractivity contribution in [1.82, 2.24) is 15.1 Å². The molecule has 4 nitrogen and oxygen atoms in total. The SMILES string of the molecule is CC(CN1CCCCC1)N1CNCC1=O. The van der Waals surface area contributed by atoms with Crippen LogP contribution >= 0.6 is 0 Å². The molecule has 1 atom stereocenters. The van der Waals surface area contributed by atoms with Crippen LogP contribution in [0.25, 0.3) is 0 Å². The minimum absolute atomic E-state index is 0.250. The number of amides is 1. The fourth-order valence-corrected chi connectivity index (χ4v) is 2.49. The number of nitrogens with zero attached hydrogens (tertiary/aromatic N) is 2. The van der Waals surface area contributed by atoms with Crippen LogP contribution in [0, 0.1) is 0 Å². The lowest BCUT2D eigenvalue weighted by atomic mass is 10.1. The molecule has 0 saturated carbocycles. The van der Waals surface area contributed by atoms with E-state index in [9.17, 15) is 4.79 Å². The molecule has 0 radical (unpaired) electrons. The van der Waals surface area contributed by atoms with Gasteiger partial charge in [-0.3, -0.25) is 10.1 Å². The Bertz CT molecular complexity index is 226. The molecule has 15 heavy (non-hydrogen) atoms. The van der Waals surface area contributed by atoms with E-state index in [1.807, 2.05) is 4.90 Å². The summed E-state index contributed by atoms with van der Waals surface area (Å²) in [6, 6.07) is 0.352. The zero-order valence-electron chi connectivity index (χ0n) is 9.54. The lowest BCUT2D eigenvalue weighted by Crippen LogP contribution is -2.45. The van der Waals surface area contributed by atoms with E-state index in [-0.39, 0.29) is 5.91 Å². The number of nitrogens with one attached hydrogen (secondary N) is 1. The van der Waals surface area contributed by atoms with Gasteiger partial charge in [-0.2, -0.15) is 0 Å². The third-order valence-corrected chi connectivity index (χ3v) is 3.38. The molecule has 0 bridgehead atoms. The number of likely N-dealkylation sites (tertiary alicyclic amines) is 1. The molecule has 2 saturated heterocycles. The van der Waals surface area contributed by atoms with Crippen molar-refractivity contribution in [2.24, 2.45) is 0 Å². The van der Waals surface area contributed by atoms with E-state index < -0.39 is 0 Å². The average Bonchev–Trinajstić information content (AvgIpc) is 2.66. The molecule has 1 unspecified atom stereocenters. The Labute approximate surface area is 91.6 Å². The Hall–Kier alpha value is -0.610.